The zero-order valence-corrected chi connectivity index (χ0v) is 30.4. The van der Waals surface area contributed by atoms with Gasteiger partial charge < -0.3 is 5.11 Å². The van der Waals surface area contributed by atoms with Gasteiger partial charge in [-0.3, -0.25) is 9.52 Å². The lowest BCUT2D eigenvalue weighted by molar-refractivity contribution is -0.154. The molecule has 0 saturated heterocycles. The van der Waals surface area contributed by atoms with Crippen molar-refractivity contribution in [3.8, 4) is 11.1 Å². The highest BCUT2D eigenvalue weighted by Gasteiger charge is 2.61. The van der Waals surface area contributed by atoms with Gasteiger partial charge in [-0.2, -0.15) is 0 Å². The highest BCUT2D eigenvalue weighted by atomic mass is 32.2. The maximum Gasteiger partial charge on any atom is 0.239 e. The lowest BCUT2D eigenvalue weighted by Crippen LogP contribution is -2.55. The molecule has 4 saturated carbocycles. The van der Waals surface area contributed by atoms with Crippen molar-refractivity contribution in [3.05, 3.63) is 96.1 Å². The Morgan fingerprint density at radius 1 is 0.796 bits per heavy atom. The molecule has 0 bridgehead atoms. The van der Waals surface area contributed by atoms with Gasteiger partial charge in [0, 0.05) is 6.42 Å². The quantitative estimate of drug-likeness (QED) is 0.236. The molecule has 7 rings (SSSR count). The summed E-state index contributed by atoms with van der Waals surface area (Å²) in [5.41, 5.74) is 3.94. The highest BCUT2D eigenvalue weighted by Crippen LogP contribution is 2.69. The highest BCUT2D eigenvalue weighted by molar-refractivity contribution is 7.89. The molecule has 6 heteroatoms. The lowest BCUT2D eigenvalue weighted by Gasteiger charge is -2.62. The number of fused-ring (bicyclic) bond motifs is 5. The predicted octanol–water partition coefficient (Wildman–Crippen LogP) is 9.26. The van der Waals surface area contributed by atoms with Gasteiger partial charge in [-0.25, -0.2) is 8.42 Å². The van der Waals surface area contributed by atoms with Crippen molar-refractivity contribution in [2.75, 3.05) is 0 Å². The fourth-order valence-electron chi connectivity index (χ4n) is 11.7. The molecule has 3 aromatic rings. The SMILES string of the molecule is C[C@H](CCC(=O)NS(=O)(=O)Cc1ccccc1)[C@H]1CC[C@H]2[C@@H]3CC[C@@H]4C[C@](O)(c5ccc(-c6ccccc6)cc5)CC[C@]4(C)[C@H]3CC[C@]12C. The second-order valence-corrected chi connectivity index (χ2v) is 18.6. The van der Waals surface area contributed by atoms with E-state index in [9.17, 15) is 18.3 Å². The number of aliphatic hydroxyl groups is 1. The maximum absolute atomic E-state index is 12.8. The molecule has 1 amide bonds. The van der Waals surface area contributed by atoms with Gasteiger partial charge in [0.05, 0.1) is 11.4 Å². The van der Waals surface area contributed by atoms with Crippen LogP contribution in [0.15, 0.2) is 84.9 Å². The predicted molar refractivity (Wildman–Crippen MR) is 197 cm³/mol. The molecule has 0 spiro atoms. The normalized spacial score (nSPS) is 34.7. The molecular formula is C43H55NO4S. The van der Waals surface area contributed by atoms with Crippen molar-refractivity contribution in [2.24, 2.45) is 46.3 Å². The van der Waals surface area contributed by atoms with Crippen molar-refractivity contribution in [3.63, 3.8) is 0 Å². The first-order valence-corrected chi connectivity index (χ1v) is 20.5. The minimum absolute atomic E-state index is 0.180. The maximum atomic E-state index is 12.8. The van der Waals surface area contributed by atoms with Crippen molar-refractivity contribution >= 4 is 15.9 Å². The van der Waals surface area contributed by atoms with E-state index in [1.807, 2.05) is 24.3 Å². The number of nitrogens with one attached hydrogen (secondary N) is 1. The van der Waals surface area contributed by atoms with E-state index in [4.69, 9.17) is 0 Å². The van der Waals surface area contributed by atoms with Crippen LogP contribution in [-0.4, -0.2) is 19.4 Å². The van der Waals surface area contributed by atoms with Crippen LogP contribution in [0.1, 0.15) is 103 Å². The van der Waals surface area contributed by atoms with E-state index in [2.05, 4.69) is 74.0 Å². The summed E-state index contributed by atoms with van der Waals surface area (Å²) in [6.45, 7) is 7.40. The van der Waals surface area contributed by atoms with Gasteiger partial charge in [0.2, 0.25) is 15.9 Å². The standard InChI is InChI=1S/C43H55NO4S/c1-30(14-23-40(45)44-49(47,48)29-31-10-6-4-7-11-31)37-21-22-38-36-20-19-35-28-43(46,27-26-41(35,2)39(36)24-25-42(37,38)3)34-17-15-33(16-18-34)32-12-8-5-9-13-32/h4-13,15-18,30,35-39,46H,14,19-29H2,1-3H3,(H,44,45)/t30-,35-,36+,37-,38+,39+,41+,42-,43+/m1/s1. The molecule has 9 atom stereocenters. The summed E-state index contributed by atoms with van der Waals surface area (Å²) in [6, 6.07) is 28.1. The Balaban J connectivity index is 0.966. The molecule has 0 radical (unpaired) electrons. The number of carbonyl (C=O) groups is 1. The Morgan fingerprint density at radius 3 is 2.16 bits per heavy atom. The monoisotopic (exact) mass is 681 g/mol. The van der Waals surface area contributed by atoms with Crippen molar-refractivity contribution in [1.29, 1.82) is 0 Å². The number of benzene rings is 3. The molecule has 5 nitrogen and oxygen atoms in total. The summed E-state index contributed by atoms with van der Waals surface area (Å²) in [4.78, 5) is 12.8. The fraction of sp³-hybridized carbons (Fsp3) is 0.558. The van der Waals surface area contributed by atoms with Crippen LogP contribution in [0.4, 0.5) is 0 Å². The lowest BCUT2D eigenvalue weighted by atomic mass is 9.43. The van der Waals surface area contributed by atoms with Crippen molar-refractivity contribution in [2.45, 2.75) is 103 Å². The smallest absolute Gasteiger partial charge is 0.239 e. The van der Waals surface area contributed by atoms with Crippen LogP contribution in [0.5, 0.6) is 0 Å². The summed E-state index contributed by atoms with van der Waals surface area (Å²) in [7, 11) is -3.71. The Hall–Kier alpha value is -2.96. The number of hydrogen-bond acceptors (Lipinski definition) is 4. The first-order valence-electron chi connectivity index (χ1n) is 18.9. The van der Waals surface area contributed by atoms with Crippen LogP contribution in [0, 0.1) is 46.3 Å². The van der Waals surface area contributed by atoms with Crippen LogP contribution in [-0.2, 0) is 26.2 Å². The van der Waals surface area contributed by atoms with Gasteiger partial charge in [0.25, 0.3) is 0 Å². The molecule has 0 aromatic heterocycles. The van der Waals surface area contributed by atoms with Crippen LogP contribution in [0.2, 0.25) is 0 Å². The number of sulfonamides is 1. The third-order valence-electron chi connectivity index (χ3n) is 14.3. The zero-order chi connectivity index (χ0) is 34.4. The van der Waals surface area contributed by atoms with Gasteiger partial charge in [0.1, 0.15) is 0 Å². The molecule has 4 aliphatic rings. The topological polar surface area (TPSA) is 83.5 Å². The van der Waals surface area contributed by atoms with E-state index in [1.54, 1.807) is 12.1 Å². The molecule has 0 unspecified atom stereocenters. The van der Waals surface area contributed by atoms with Gasteiger partial charge in [-0.05, 0) is 133 Å². The van der Waals surface area contributed by atoms with Crippen molar-refractivity contribution < 1.29 is 18.3 Å². The molecule has 4 aliphatic carbocycles. The molecular weight excluding hydrogens is 627 g/mol. The minimum atomic E-state index is -3.71. The second kappa shape index (κ2) is 13.3. The Morgan fingerprint density at radius 2 is 1.45 bits per heavy atom. The summed E-state index contributed by atoms with van der Waals surface area (Å²) in [6.07, 6.45) is 11.2. The molecule has 3 aromatic carbocycles. The number of amides is 1. The average molecular weight is 682 g/mol. The Labute approximate surface area is 294 Å². The minimum Gasteiger partial charge on any atom is -0.385 e. The van der Waals surface area contributed by atoms with E-state index < -0.39 is 15.6 Å². The largest absolute Gasteiger partial charge is 0.385 e. The number of rotatable bonds is 9. The molecule has 262 valence electrons. The number of hydrogen-bond donors (Lipinski definition) is 2. The van der Waals surface area contributed by atoms with Gasteiger partial charge in [-0.1, -0.05) is 106 Å². The molecule has 4 fully saturated rings. The van der Waals surface area contributed by atoms with Crippen LogP contribution < -0.4 is 4.72 Å². The summed E-state index contributed by atoms with van der Waals surface area (Å²) < 4.78 is 27.6. The fourth-order valence-corrected chi connectivity index (χ4v) is 12.9. The Bertz CT molecular complexity index is 1730. The first-order chi connectivity index (χ1) is 23.4. The van der Waals surface area contributed by atoms with Crippen LogP contribution in [0.3, 0.4) is 0 Å². The average Bonchev–Trinajstić information content (AvgIpc) is 3.45. The van der Waals surface area contributed by atoms with E-state index in [0.717, 1.165) is 37.2 Å². The summed E-state index contributed by atoms with van der Waals surface area (Å²) in [5.74, 6) is 3.07. The second-order valence-electron chi connectivity index (χ2n) is 16.9. The van der Waals surface area contributed by atoms with Crippen LogP contribution in [0.25, 0.3) is 11.1 Å². The number of carbonyl (C=O) groups excluding carboxylic acids is 1. The third-order valence-corrected chi connectivity index (χ3v) is 15.6. The Kier molecular flexibility index (Phi) is 9.36. The first kappa shape index (κ1) is 34.5. The zero-order valence-electron chi connectivity index (χ0n) is 29.6. The molecule has 49 heavy (non-hydrogen) atoms. The van der Waals surface area contributed by atoms with E-state index in [1.165, 1.54) is 49.7 Å². The van der Waals surface area contributed by atoms with Gasteiger partial charge in [-0.15, -0.1) is 0 Å². The van der Waals surface area contributed by atoms with Gasteiger partial charge >= 0.3 is 0 Å². The summed E-state index contributed by atoms with van der Waals surface area (Å²) in [5, 5.41) is 12.1. The van der Waals surface area contributed by atoms with Crippen LogP contribution >= 0.6 is 0 Å². The third kappa shape index (κ3) is 6.65. The van der Waals surface area contributed by atoms with E-state index in [0.29, 0.717) is 35.2 Å². The van der Waals surface area contributed by atoms with E-state index >= 15 is 0 Å². The molecule has 0 heterocycles. The van der Waals surface area contributed by atoms with Gasteiger partial charge in [0.15, 0.2) is 0 Å². The van der Waals surface area contributed by atoms with Crippen molar-refractivity contribution in [1.82, 2.24) is 4.72 Å². The molecule has 0 aliphatic heterocycles. The molecule has 2 N–H and O–H groups in total. The van der Waals surface area contributed by atoms with E-state index in [-0.39, 0.29) is 28.9 Å². The summed E-state index contributed by atoms with van der Waals surface area (Å²) >= 11 is 0.